The number of tetrazole rings is 1. The van der Waals surface area contributed by atoms with E-state index in [1.54, 1.807) is 6.92 Å². The SMILES string of the molecule is Cc1nnnn1-c1cc(NC(=O)CCC2CCNC2)ccc1F. The zero-order valence-corrected chi connectivity index (χ0v) is 12.9. The third-order valence-corrected chi connectivity index (χ3v) is 4.03. The van der Waals surface area contributed by atoms with Gasteiger partial charge in [-0.3, -0.25) is 4.79 Å². The molecule has 1 aliphatic rings. The van der Waals surface area contributed by atoms with Crippen molar-refractivity contribution in [2.75, 3.05) is 18.4 Å². The van der Waals surface area contributed by atoms with Crippen molar-refractivity contribution in [3.05, 3.63) is 29.8 Å². The summed E-state index contributed by atoms with van der Waals surface area (Å²) in [5.74, 6) is 0.521. The Morgan fingerprint density at radius 1 is 1.52 bits per heavy atom. The van der Waals surface area contributed by atoms with Gasteiger partial charge in [0.1, 0.15) is 11.5 Å². The summed E-state index contributed by atoms with van der Waals surface area (Å²) < 4.78 is 15.3. The Morgan fingerprint density at radius 3 is 3.09 bits per heavy atom. The van der Waals surface area contributed by atoms with Crippen molar-refractivity contribution in [1.82, 2.24) is 25.5 Å². The van der Waals surface area contributed by atoms with Crippen LogP contribution < -0.4 is 10.6 Å². The second-order valence-corrected chi connectivity index (χ2v) is 5.75. The molecule has 1 amide bonds. The quantitative estimate of drug-likeness (QED) is 0.871. The van der Waals surface area contributed by atoms with Crippen molar-refractivity contribution in [2.24, 2.45) is 5.92 Å². The molecule has 0 bridgehead atoms. The van der Waals surface area contributed by atoms with Crippen molar-refractivity contribution >= 4 is 11.6 Å². The Bertz CT molecular complexity index is 695. The number of amides is 1. The van der Waals surface area contributed by atoms with Gasteiger partial charge in [-0.1, -0.05) is 0 Å². The maximum absolute atomic E-state index is 14.0. The molecule has 7 nitrogen and oxygen atoms in total. The summed E-state index contributed by atoms with van der Waals surface area (Å²) in [4.78, 5) is 12.0. The van der Waals surface area contributed by atoms with Gasteiger partial charge in [0.2, 0.25) is 5.91 Å². The summed E-state index contributed by atoms with van der Waals surface area (Å²) in [5, 5.41) is 17.1. The second kappa shape index (κ2) is 6.82. The molecule has 0 radical (unpaired) electrons. The molecule has 1 unspecified atom stereocenters. The van der Waals surface area contributed by atoms with Crippen LogP contribution in [0.5, 0.6) is 0 Å². The van der Waals surface area contributed by atoms with Gasteiger partial charge in [-0.25, -0.2) is 4.39 Å². The molecule has 2 aromatic rings. The summed E-state index contributed by atoms with van der Waals surface area (Å²) in [6.07, 6.45) is 2.44. The van der Waals surface area contributed by atoms with Gasteiger partial charge in [0, 0.05) is 12.1 Å². The van der Waals surface area contributed by atoms with Gasteiger partial charge in [0.15, 0.2) is 5.82 Å². The molecule has 2 N–H and O–H groups in total. The van der Waals surface area contributed by atoms with Crippen LogP contribution in [0.2, 0.25) is 0 Å². The van der Waals surface area contributed by atoms with Crippen molar-refractivity contribution < 1.29 is 9.18 Å². The van der Waals surface area contributed by atoms with Crippen molar-refractivity contribution in [2.45, 2.75) is 26.2 Å². The molecule has 122 valence electrons. The van der Waals surface area contributed by atoms with E-state index >= 15 is 0 Å². The van der Waals surface area contributed by atoms with E-state index in [9.17, 15) is 9.18 Å². The molecule has 1 aromatic carbocycles. The van der Waals surface area contributed by atoms with Crippen LogP contribution in [0.3, 0.4) is 0 Å². The lowest BCUT2D eigenvalue weighted by Crippen LogP contribution is -2.15. The predicted molar refractivity (Wildman–Crippen MR) is 82.7 cm³/mol. The molecular weight excluding hydrogens is 299 g/mol. The molecule has 0 saturated carbocycles. The van der Waals surface area contributed by atoms with Gasteiger partial charge < -0.3 is 10.6 Å². The van der Waals surface area contributed by atoms with E-state index < -0.39 is 5.82 Å². The summed E-state index contributed by atoms with van der Waals surface area (Å²) in [5.41, 5.74) is 0.746. The first-order chi connectivity index (χ1) is 11.1. The van der Waals surface area contributed by atoms with Crippen molar-refractivity contribution in [3.63, 3.8) is 0 Å². The zero-order chi connectivity index (χ0) is 16.2. The van der Waals surface area contributed by atoms with E-state index in [1.807, 2.05) is 0 Å². The maximum Gasteiger partial charge on any atom is 0.224 e. The molecule has 2 heterocycles. The summed E-state index contributed by atoms with van der Waals surface area (Å²) in [6.45, 7) is 3.69. The Hall–Kier alpha value is -2.35. The topological polar surface area (TPSA) is 84.7 Å². The molecule has 8 heteroatoms. The highest BCUT2D eigenvalue weighted by Crippen LogP contribution is 2.20. The van der Waals surface area contributed by atoms with Crippen LogP contribution in [-0.4, -0.2) is 39.2 Å². The lowest BCUT2D eigenvalue weighted by Gasteiger charge is -2.10. The van der Waals surface area contributed by atoms with E-state index in [-0.39, 0.29) is 11.6 Å². The highest BCUT2D eigenvalue weighted by molar-refractivity contribution is 5.90. The van der Waals surface area contributed by atoms with E-state index in [2.05, 4.69) is 26.2 Å². The third kappa shape index (κ3) is 3.70. The molecule has 1 atom stereocenters. The maximum atomic E-state index is 14.0. The molecule has 1 aliphatic heterocycles. The van der Waals surface area contributed by atoms with Crippen molar-refractivity contribution in [1.29, 1.82) is 0 Å². The van der Waals surface area contributed by atoms with Crippen LogP contribution in [-0.2, 0) is 4.79 Å². The first kappa shape index (κ1) is 15.5. The number of rotatable bonds is 5. The number of carbonyl (C=O) groups is 1. The number of nitrogens with one attached hydrogen (secondary N) is 2. The van der Waals surface area contributed by atoms with Gasteiger partial charge in [0.25, 0.3) is 0 Å². The van der Waals surface area contributed by atoms with Gasteiger partial charge >= 0.3 is 0 Å². The minimum absolute atomic E-state index is 0.0668. The number of aromatic nitrogens is 4. The summed E-state index contributed by atoms with van der Waals surface area (Å²) in [6, 6.07) is 4.37. The normalized spacial score (nSPS) is 17.4. The molecule has 1 fully saturated rings. The van der Waals surface area contributed by atoms with Crippen LogP contribution in [0.1, 0.15) is 25.1 Å². The molecule has 3 rings (SSSR count). The summed E-state index contributed by atoms with van der Waals surface area (Å²) >= 11 is 0. The second-order valence-electron chi connectivity index (χ2n) is 5.75. The lowest BCUT2D eigenvalue weighted by molar-refractivity contribution is -0.116. The van der Waals surface area contributed by atoms with E-state index in [1.165, 1.54) is 22.9 Å². The van der Waals surface area contributed by atoms with E-state index in [4.69, 9.17) is 0 Å². The third-order valence-electron chi connectivity index (χ3n) is 4.03. The van der Waals surface area contributed by atoms with Gasteiger partial charge in [-0.15, -0.1) is 5.10 Å². The van der Waals surface area contributed by atoms with Crippen LogP contribution in [0.15, 0.2) is 18.2 Å². The number of anilines is 1. The fourth-order valence-electron chi connectivity index (χ4n) is 2.73. The van der Waals surface area contributed by atoms with Crippen LogP contribution >= 0.6 is 0 Å². The first-order valence-corrected chi connectivity index (χ1v) is 7.69. The van der Waals surface area contributed by atoms with Gasteiger partial charge in [0.05, 0.1) is 0 Å². The molecule has 0 spiro atoms. The van der Waals surface area contributed by atoms with Crippen molar-refractivity contribution in [3.8, 4) is 5.69 Å². The molecule has 23 heavy (non-hydrogen) atoms. The average molecular weight is 318 g/mol. The highest BCUT2D eigenvalue weighted by Gasteiger charge is 2.16. The van der Waals surface area contributed by atoms with Crippen LogP contribution in [0.25, 0.3) is 5.69 Å². The fourth-order valence-corrected chi connectivity index (χ4v) is 2.73. The Kier molecular flexibility index (Phi) is 4.61. The van der Waals surface area contributed by atoms with Crippen LogP contribution in [0, 0.1) is 18.7 Å². The largest absolute Gasteiger partial charge is 0.326 e. The Morgan fingerprint density at radius 2 is 2.39 bits per heavy atom. The minimum Gasteiger partial charge on any atom is -0.326 e. The summed E-state index contributed by atoms with van der Waals surface area (Å²) in [7, 11) is 0. The predicted octanol–water partition coefficient (Wildman–Crippen LogP) is 1.44. The first-order valence-electron chi connectivity index (χ1n) is 7.69. The molecule has 1 saturated heterocycles. The monoisotopic (exact) mass is 318 g/mol. The Balaban J connectivity index is 1.66. The minimum atomic E-state index is -0.449. The van der Waals surface area contributed by atoms with Gasteiger partial charge in [-0.05, 0) is 67.4 Å². The number of hydrogen-bond acceptors (Lipinski definition) is 5. The van der Waals surface area contributed by atoms with E-state index in [0.29, 0.717) is 23.9 Å². The zero-order valence-electron chi connectivity index (χ0n) is 12.9. The number of carbonyl (C=O) groups excluding carboxylic acids is 1. The number of benzene rings is 1. The average Bonchev–Trinajstić information content (AvgIpc) is 3.19. The lowest BCUT2D eigenvalue weighted by atomic mass is 10.0. The van der Waals surface area contributed by atoms with Crippen LogP contribution in [0.4, 0.5) is 10.1 Å². The molecule has 1 aromatic heterocycles. The molecule has 0 aliphatic carbocycles. The highest BCUT2D eigenvalue weighted by atomic mass is 19.1. The standard InChI is InChI=1S/C15H19FN6O/c1-10-19-20-21-22(10)14-8-12(3-4-13(14)16)18-15(23)5-2-11-6-7-17-9-11/h3-4,8,11,17H,2,5-7,9H2,1H3,(H,18,23). The fraction of sp³-hybridized carbons (Fsp3) is 0.467. The van der Waals surface area contributed by atoms with Gasteiger partial charge in [-0.2, -0.15) is 4.68 Å². The molecular formula is C15H19FN6O. The Labute approximate surface area is 133 Å². The number of aryl methyl sites for hydroxylation is 1. The number of halogens is 1. The number of nitrogens with zero attached hydrogens (tertiary/aromatic N) is 4. The smallest absolute Gasteiger partial charge is 0.224 e. The van der Waals surface area contributed by atoms with E-state index in [0.717, 1.165) is 25.9 Å². The number of hydrogen-bond donors (Lipinski definition) is 2.